The molecule has 4 rings (SSSR count). The van der Waals surface area contributed by atoms with Crippen LogP contribution in [0.1, 0.15) is 68.9 Å². The number of rotatable bonds is 10. The molecule has 1 aliphatic carbocycles. The molecule has 0 N–H and O–H groups in total. The highest BCUT2D eigenvalue weighted by atomic mass is 19.1. The monoisotopic (exact) mass is 456 g/mol. The number of unbranched alkanes of at least 4 members (excludes halogenated alkanes) is 2. The molecular weight excluding hydrogens is 419 g/mol. The Balaban J connectivity index is 1.38. The number of ether oxygens (including phenoxy) is 1. The summed E-state index contributed by atoms with van der Waals surface area (Å²) in [4.78, 5) is 0. The van der Waals surface area contributed by atoms with Crippen LogP contribution >= 0.6 is 0 Å². The number of hydrogen-bond acceptors (Lipinski definition) is 1. The van der Waals surface area contributed by atoms with Crippen LogP contribution in [0.25, 0.3) is 22.3 Å². The molecule has 0 radical (unpaired) electrons. The van der Waals surface area contributed by atoms with Crippen LogP contribution in [0.15, 0.2) is 79.4 Å². The highest BCUT2D eigenvalue weighted by Gasteiger charge is 2.20. The van der Waals surface area contributed by atoms with Gasteiger partial charge in [-0.1, -0.05) is 86.5 Å². The van der Waals surface area contributed by atoms with E-state index in [2.05, 4.69) is 56.0 Å². The second-order valence-electron chi connectivity index (χ2n) is 9.62. The number of hydrogen-bond donors (Lipinski definition) is 0. The smallest absolute Gasteiger partial charge is 0.131 e. The third-order valence-corrected chi connectivity index (χ3v) is 7.21. The lowest BCUT2D eigenvalue weighted by Gasteiger charge is -2.27. The van der Waals surface area contributed by atoms with Gasteiger partial charge in [0.25, 0.3) is 0 Å². The summed E-state index contributed by atoms with van der Waals surface area (Å²) < 4.78 is 20.5. The minimum atomic E-state index is -0.196. The van der Waals surface area contributed by atoms with E-state index in [1.54, 1.807) is 6.07 Å². The van der Waals surface area contributed by atoms with E-state index in [1.165, 1.54) is 49.7 Å². The van der Waals surface area contributed by atoms with Crippen LogP contribution in [0, 0.1) is 11.7 Å². The molecule has 0 unspecified atom stereocenters. The molecular formula is C32H37FO. The molecule has 1 aliphatic rings. The maximum absolute atomic E-state index is 14.8. The lowest BCUT2D eigenvalue weighted by Crippen LogP contribution is -2.11. The molecule has 0 amide bonds. The van der Waals surface area contributed by atoms with E-state index in [1.807, 2.05) is 24.3 Å². The van der Waals surface area contributed by atoms with Gasteiger partial charge in [-0.15, -0.1) is 6.58 Å². The van der Waals surface area contributed by atoms with Crippen molar-refractivity contribution in [3.05, 3.63) is 96.3 Å². The van der Waals surface area contributed by atoms with Crippen molar-refractivity contribution in [2.24, 2.45) is 5.92 Å². The third-order valence-electron chi connectivity index (χ3n) is 7.21. The Labute approximate surface area is 204 Å². The van der Waals surface area contributed by atoms with E-state index < -0.39 is 0 Å². The van der Waals surface area contributed by atoms with Gasteiger partial charge in [0.1, 0.15) is 5.82 Å². The molecule has 3 aromatic carbocycles. The van der Waals surface area contributed by atoms with Crippen LogP contribution in [0.3, 0.4) is 0 Å². The molecule has 0 heterocycles. The summed E-state index contributed by atoms with van der Waals surface area (Å²) in [6, 6.07) is 22.6. The van der Waals surface area contributed by atoms with E-state index >= 15 is 0 Å². The van der Waals surface area contributed by atoms with Crippen LogP contribution in [-0.2, 0) is 11.3 Å². The fraction of sp³-hybridized carbons (Fsp3) is 0.375. The molecule has 1 nitrogen and oxygen atoms in total. The van der Waals surface area contributed by atoms with Gasteiger partial charge in [-0.3, -0.25) is 0 Å². The number of benzene rings is 3. The Morgan fingerprint density at radius 2 is 1.50 bits per heavy atom. The topological polar surface area (TPSA) is 9.23 Å². The first kappa shape index (κ1) is 24.4. The Morgan fingerprint density at radius 1 is 0.853 bits per heavy atom. The summed E-state index contributed by atoms with van der Waals surface area (Å²) >= 11 is 0. The highest BCUT2D eigenvalue weighted by molar-refractivity contribution is 5.71. The normalized spacial score (nSPS) is 18.1. The first-order chi connectivity index (χ1) is 16.7. The molecule has 0 bridgehead atoms. The predicted octanol–water partition coefficient (Wildman–Crippen LogP) is 9.33. The maximum Gasteiger partial charge on any atom is 0.131 e. The molecule has 1 fully saturated rings. The van der Waals surface area contributed by atoms with Gasteiger partial charge in [-0.05, 0) is 77.8 Å². The maximum atomic E-state index is 14.8. The van der Waals surface area contributed by atoms with Crippen LogP contribution in [0.5, 0.6) is 0 Å². The molecule has 178 valence electrons. The summed E-state index contributed by atoms with van der Waals surface area (Å²) in [5.41, 5.74) is 6.21. The molecule has 1 saturated carbocycles. The Bertz CT molecular complexity index is 1040. The van der Waals surface area contributed by atoms with Crippen molar-refractivity contribution in [1.82, 2.24) is 0 Å². The zero-order valence-corrected chi connectivity index (χ0v) is 20.4. The van der Waals surface area contributed by atoms with E-state index in [-0.39, 0.29) is 5.82 Å². The Morgan fingerprint density at radius 3 is 2.12 bits per heavy atom. The average Bonchev–Trinajstić information content (AvgIpc) is 2.89. The molecule has 0 spiro atoms. The van der Waals surface area contributed by atoms with Crippen molar-refractivity contribution in [2.45, 2.75) is 64.4 Å². The molecule has 3 aromatic rings. The standard InChI is InChI=1S/C32H37FO/c1-3-5-6-21-34-23-25-9-20-31(32(33)22-25)30-18-16-29(17-19-30)28-14-12-27(13-15-28)26-10-7-24(4-2)8-11-26/h4,9,12-20,22,24,26H,2-3,5-8,10-11,21,23H2,1H3/t24-,26-. The minimum Gasteiger partial charge on any atom is -0.377 e. The Kier molecular flexibility index (Phi) is 8.71. The number of allylic oxidation sites excluding steroid dienone is 1. The van der Waals surface area contributed by atoms with Crippen molar-refractivity contribution in [3.63, 3.8) is 0 Å². The summed E-state index contributed by atoms with van der Waals surface area (Å²) in [5, 5.41) is 0. The molecule has 0 aromatic heterocycles. The van der Waals surface area contributed by atoms with Gasteiger partial charge < -0.3 is 4.74 Å². The molecule has 0 saturated heterocycles. The molecule has 34 heavy (non-hydrogen) atoms. The van der Waals surface area contributed by atoms with Gasteiger partial charge in [0.05, 0.1) is 6.61 Å². The van der Waals surface area contributed by atoms with Crippen molar-refractivity contribution < 1.29 is 9.13 Å². The summed E-state index contributed by atoms with van der Waals surface area (Å²) in [6.45, 7) is 7.32. The lowest BCUT2D eigenvalue weighted by atomic mass is 9.78. The molecule has 2 heteroatoms. The van der Waals surface area contributed by atoms with E-state index in [9.17, 15) is 4.39 Å². The summed E-state index contributed by atoms with van der Waals surface area (Å²) in [6.07, 6.45) is 10.5. The predicted molar refractivity (Wildman–Crippen MR) is 141 cm³/mol. The molecule has 0 atom stereocenters. The fourth-order valence-corrected chi connectivity index (χ4v) is 5.00. The van der Waals surface area contributed by atoms with Crippen LogP contribution in [0.2, 0.25) is 0 Å². The van der Waals surface area contributed by atoms with Crippen LogP contribution < -0.4 is 0 Å². The van der Waals surface area contributed by atoms with Gasteiger partial charge in [0.15, 0.2) is 0 Å². The third kappa shape index (κ3) is 6.24. The first-order valence-corrected chi connectivity index (χ1v) is 12.9. The largest absolute Gasteiger partial charge is 0.377 e. The molecule has 0 aliphatic heterocycles. The fourth-order valence-electron chi connectivity index (χ4n) is 5.00. The van der Waals surface area contributed by atoms with Gasteiger partial charge in [0, 0.05) is 12.2 Å². The van der Waals surface area contributed by atoms with Crippen LogP contribution in [-0.4, -0.2) is 6.61 Å². The van der Waals surface area contributed by atoms with Crippen molar-refractivity contribution in [3.8, 4) is 22.3 Å². The average molecular weight is 457 g/mol. The zero-order chi connectivity index (χ0) is 23.8. The van der Waals surface area contributed by atoms with E-state index in [0.29, 0.717) is 24.0 Å². The quantitative estimate of drug-likeness (QED) is 0.218. The van der Waals surface area contributed by atoms with Gasteiger partial charge in [-0.2, -0.15) is 0 Å². The van der Waals surface area contributed by atoms with E-state index in [4.69, 9.17) is 4.74 Å². The SMILES string of the molecule is C=C[C@H]1CC[C@H](c2ccc(-c3ccc(-c4ccc(COCCCCC)cc4F)cc3)cc2)CC1. The van der Waals surface area contributed by atoms with Crippen molar-refractivity contribution >= 4 is 0 Å². The van der Waals surface area contributed by atoms with E-state index in [0.717, 1.165) is 29.7 Å². The Hall–Kier alpha value is -2.71. The number of halogens is 1. The van der Waals surface area contributed by atoms with Gasteiger partial charge >= 0.3 is 0 Å². The highest BCUT2D eigenvalue weighted by Crippen LogP contribution is 2.37. The second kappa shape index (κ2) is 12.1. The second-order valence-corrected chi connectivity index (χ2v) is 9.62. The van der Waals surface area contributed by atoms with Gasteiger partial charge in [0.2, 0.25) is 0 Å². The first-order valence-electron chi connectivity index (χ1n) is 12.9. The minimum absolute atomic E-state index is 0.196. The van der Waals surface area contributed by atoms with Crippen LogP contribution in [0.4, 0.5) is 4.39 Å². The summed E-state index contributed by atoms with van der Waals surface area (Å²) in [5.74, 6) is 1.16. The van der Waals surface area contributed by atoms with Gasteiger partial charge in [-0.25, -0.2) is 4.39 Å². The lowest BCUT2D eigenvalue weighted by molar-refractivity contribution is 0.117. The summed E-state index contributed by atoms with van der Waals surface area (Å²) in [7, 11) is 0. The van der Waals surface area contributed by atoms with Crippen molar-refractivity contribution in [1.29, 1.82) is 0 Å². The van der Waals surface area contributed by atoms with Crippen molar-refractivity contribution in [2.75, 3.05) is 6.61 Å². The zero-order valence-electron chi connectivity index (χ0n) is 20.4.